The second-order valence-electron chi connectivity index (χ2n) is 3.38. The zero-order chi connectivity index (χ0) is 10.1. The summed E-state index contributed by atoms with van der Waals surface area (Å²) in [6.07, 6.45) is -3.82. The highest BCUT2D eigenvalue weighted by molar-refractivity contribution is 4.91. The molecular weight excluding hydrogens is 192 g/mol. The third-order valence-electron chi connectivity index (χ3n) is 2.50. The molecule has 0 spiro atoms. The summed E-state index contributed by atoms with van der Waals surface area (Å²) in [6.45, 7) is 0.459. The lowest BCUT2D eigenvalue weighted by molar-refractivity contribution is -0.334. The second kappa shape index (κ2) is 4.09. The fraction of sp³-hybridized carbons (Fsp3) is 1.00. The van der Waals surface area contributed by atoms with Gasteiger partial charge < -0.3 is 29.2 Å². The summed E-state index contributed by atoms with van der Waals surface area (Å²) >= 11 is 0. The Morgan fingerprint density at radius 3 is 2.79 bits per heavy atom. The molecule has 5 atom stereocenters. The number of fused-ring (bicyclic) bond motifs is 1. The molecule has 14 heavy (non-hydrogen) atoms. The summed E-state index contributed by atoms with van der Waals surface area (Å²) in [5.74, 6) is 0. The normalized spacial score (nSPS) is 48.6. The molecule has 0 saturated carbocycles. The lowest BCUT2D eigenvalue weighted by Crippen LogP contribution is -2.61. The minimum absolute atomic E-state index is 0.117. The van der Waals surface area contributed by atoms with Crippen molar-refractivity contribution >= 4 is 0 Å². The van der Waals surface area contributed by atoms with Gasteiger partial charge in [-0.15, -0.1) is 0 Å². The Hall–Kier alpha value is -0.240. The highest BCUT2D eigenvalue weighted by atomic mass is 16.7. The lowest BCUT2D eigenvalue weighted by Gasteiger charge is -2.43. The lowest BCUT2D eigenvalue weighted by atomic mass is 9.99. The first-order valence-corrected chi connectivity index (χ1v) is 4.48. The number of rotatable bonds is 1. The van der Waals surface area contributed by atoms with E-state index in [0.717, 1.165) is 0 Å². The first-order valence-electron chi connectivity index (χ1n) is 4.48. The van der Waals surface area contributed by atoms with Gasteiger partial charge in [-0.2, -0.15) is 0 Å². The molecule has 0 radical (unpaired) electrons. The minimum atomic E-state index is -1.08. The van der Waals surface area contributed by atoms with Crippen LogP contribution in [0.5, 0.6) is 0 Å². The summed E-state index contributed by atoms with van der Waals surface area (Å²) in [5.41, 5.74) is 0. The molecular formula is C8H14O6. The number of methoxy groups -OCH3 is 1. The number of hydrogen-bond donors (Lipinski definition) is 2. The Kier molecular flexibility index (Phi) is 3.01. The van der Waals surface area contributed by atoms with E-state index in [1.165, 1.54) is 7.11 Å². The van der Waals surface area contributed by atoms with Crippen molar-refractivity contribution < 1.29 is 29.2 Å². The van der Waals surface area contributed by atoms with Gasteiger partial charge in [0, 0.05) is 7.11 Å². The minimum Gasteiger partial charge on any atom is -0.387 e. The van der Waals surface area contributed by atoms with Crippen molar-refractivity contribution in [2.75, 3.05) is 20.5 Å². The van der Waals surface area contributed by atoms with E-state index in [4.69, 9.17) is 18.9 Å². The van der Waals surface area contributed by atoms with Crippen LogP contribution in [-0.2, 0) is 18.9 Å². The molecule has 0 aromatic rings. The van der Waals surface area contributed by atoms with Gasteiger partial charge >= 0.3 is 0 Å². The van der Waals surface area contributed by atoms with E-state index in [1.54, 1.807) is 0 Å². The highest BCUT2D eigenvalue weighted by Crippen LogP contribution is 2.26. The van der Waals surface area contributed by atoms with Crippen LogP contribution in [0.2, 0.25) is 0 Å². The van der Waals surface area contributed by atoms with E-state index >= 15 is 0 Å². The number of aliphatic hydroxyl groups excluding tert-OH is 2. The Morgan fingerprint density at radius 2 is 2.07 bits per heavy atom. The quantitative estimate of drug-likeness (QED) is 0.541. The third-order valence-corrected chi connectivity index (χ3v) is 2.50. The molecule has 2 aliphatic rings. The van der Waals surface area contributed by atoms with Crippen molar-refractivity contribution in [3.05, 3.63) is 0 Å². The smallest absolute Gasteiger partial charge is 0.186 e. The molecule has 2 rings (SSSR count). The molecule has 0 aliphatic carbocycles. The number of hydrogen-bond acceptors (Lipinski definition) is 6. The first kappa shape index (κ1) is 10.3. The van der Waals surface area contributed by atoms with Crippen molar-refractivity contribution in [2.45, 2.75) is 30.7 Å². The molecule has 2 aliphatic heterocycles. The van der Waals surface area contributed by atoms with Crippen LogP contribution in [0.1, 0.15) is 0 Å². The summed E-state index contributed by atoms with van der Waals surface area (Å²) in [4.78, 5) is 0. The maximum atomic E-state index is 9.68. The van der Waals surface area contributed by atoms with Gasteiger partial charge in [0.15, 0.2) is 6.29 Å². The Morgan fingerprint density at radius 1 is 1.29 bits per heavy atom. The summed E-state index contributed by atoms with van der Waals surface area (Å²) in [5, 5.41) is 19.2. The predicted octanol–water partition coefficient (Wildman–Crippen LogP) is -1.55. The van der Waals surface area contributed by atoms with Crippen molar-refractivity contribution in [2.24, 2.45) is 0 Å². The SMILES string of the molecule is CO[C@H]1O[C@H]2COCO[C@@H]2[C@@H](O)[C@@H]1O. The Balaban J connectivity index is 2.07. The van der Waals surface area contributed by atoms with Gasteiger partial charge in [0.05, 0.1) is 6.61 Å². The molecule has 82 valence electrons. The molecule has 0 amide bonds. The zero-order valence-electron chi connectivity index (χ0n) is 7.83. The van der Waals surface area contributed by atoms with E-state index in [1.807, 2.05) is 0 Å². The van der Waals surface area contributed by atoms with E-state index in [-0.39, 0.29) is 12.9 Å². The molecule has 2 heterocycles. The maximum absolute atomic E-state index is 9.68. The van der Waals surface area contributed by atoms with Gasteiger partial charge in [0.2, 0.25) is 0 Å². The standard InChI is InChI=1S/C8H14O6/c1-11-8-6(10)5(9)7-4(14-8)2-12-3-13-7/h4-10H,2-3H2,1H3/t4-,5-,6-,7-,8-/m0/s1. The van der Waals surface area contributed by atoms with Crippen molar-refractivity contribution in [3.63, 3.8) is 0 Å². The third kappa shape index (κ3) is 1.65. The van der Waals surface area contributed by atoms with Gasteiger partial charge in [0.25, 0.3) is 0 Å². The maximum Gasteiger partial charge on any atom is 0.186 e. The van der Waals surface area contributed by atoms with Gasteiger partial charge in [-0.25, -0.2) is 0 Å². The van der Waals surface area contributed by atoms with Gasteiger partial charge in [-0.3, -0.25) is 0 Å². The van der Waals surface area contributed by atoms with Crippen LogP contribution in [0, 0.1) is 0 Å². The van der Waals surface area contributed by atoms with Crippen molar-refractivity contribution in [1.29, 1.82) is 0 Å². The summed E-state index contributed by atoms with van der Waals surface area (Å²) in [7, 11) is 1.41. The molecule has 0 aromatic carbocycles. The summed E-state index contributed by atoms with van der Waals surface area (Å²) < 4.78 is 20.4. The monoisotopic (exact) mass is 206 g/mol. The molecule has 6 heteroatoms. The molecule has 2 saturated heterocycles. The molecule has 0 aromatic heterocycles. The zero-order valence-corrected chi connectivity index (χ0v) is 7.83. The molecule has 6 nitrogen and oxygen atoms in total. The molecule has 2 N–H and O–H groups in total. The predicted molar refractivity (Wildman–Crippen MR) is 43.4 cm³/mol. The van der Waals surface area contributed by atoms with Crippen LogP contribution >= 0.6 is 0 Å². The van der Waals surface area contributed by atoms with Crippen molar-refractivity contribution in [1.82, 2.24) is 0 Å². The average molecular weight is 206 g/mol. The second-order valence-corrected chi connectivity index (χ2v) is 3.38. The molecule has 0 bridgehead atoms. The fourth-order valence-electron chi connectivity index (χ4n) is 1.73. The van der Waals surface area contributed by atoms with Crippen LogP contribution in [0.3, 0.4) is 0 Å². The largest absolute Gasteiger partial charge is 0.387 e. The number of ether oxygens (including phenoxy) is 4. The highest BCUT2D eigenvalue weighted by Gasteiger charge is 2.46. The van der Waals surface area contributed by atoms with E-state index < -0.39 is 24.6 Å². The van der Waals surface area contributed by atoms with Crippen molar-refractivity contribution in [3.8, 4) is 0 Å². The summed E-state index contributed by atoms with van der Waals surface area (Å²) in [6, 6.07) is 0. The average Bonchev–Trinajstić information content (AvgIpc) is 2.23. The Bertz CT molecular complexity index is 196. The van der Waals surface area contributed by atoms with Crippen LogP contribution in [0.15, 0.2) is 0 Å². The Labute approximate surface area is 81.3 Å². The van der Waals surface area contributed by atoms with E-state index in [0.29, 0.717) is 6.61 Å². The first-order chi connectivity index (χ1) is 6.74. The van der Waals surface area contributed by atoms with Crippen LogP contribution in [0.4, 0.5) is 0 Å². The van der Waals surface area contributed by atoms with Crippen LogP contribution < -0.4 is 0 Å². The van der Waals surface area contributed by atoms with E-state index in [2.05, 4.69) is 0 Å². The molecule has 0 unspecified atom stereocenters. The molecule has 2 fully saturated rings. The van der Waals surface area contributed by atoms with E-state index in [9.17, 15) is 10.2 Å². The number of aliphatic hydroxyl groups is 2. The fourth-order valence-corrected chi connectivity index (χ4v) is 1.73. The van der Waals surface area contributed by atoms with Gasteiger partial charge in [0.1, 0.15) is 31.2 Å². The van der Waals surface area contributed by atoms with Crippen LogP contribution in [-0.4, -0.2) is 61.4 Å². The topological polar surface area (TPSA) is 77.4 Å². The van der Waals surface area contributed by atoms with Crippen LogP contribution in [0.25, 0.3) is 0 Å². The van der Waals surface area contributed by atoms with Gasteiger partial charge in [-0.1, -0.05) is 0 Å². The van der Waals surface area contributed by atoms with Gasteiger partial charge in [-0.05, 0) is 0 Å².